The fourth-order valence-electron chi connectivity index (χ4n) is 4.18. The first-order valence-electron chi connectivity index (χ1n) is 11.6. The Bertz CT molecular complexity index is 1060. The maximum absolute atomic E-state index is 13.0. The number of nitrogens with zero attached hydrogens (tertiary/aromatic N) is 5. The molecule has 0 radical (unpaired) electrons. The fraction of sp³-hybridized carbons (Fsp3) is 0.440. The molecule has 0 aliphatic carbocycles. The van der Waals surface area contributed by atoms with Crippen molar-refractivity contribution >= 4 is 5.91 Å². The van der Waals surface area contributed by atoms with Crippen molar-refractivity contribution in [2.45, 2.75) is 45.5 Å². The van der Waals surface area contributed by atoms with E-state index < -0.39 is 0 Å². The van der Waals surface area contributed by atoms with E-state index in [1.165, 1.54) is 0 Å². The SMILES string of the molecule is COc1cc(CN2C[C@H](n3cnnn3)C[C@H]2C(=O)NCC(C)C)ccc1OCc1ccccc1. The van der Waals surface area contributed by atoms with E-state index in [-0.39, 0.29) is 18.0 Å². The molecule has 2 atom stereocenters. The lowest BCUT2D eigenvalue weighted by Gasteiger charge is -2.24. The molecule has 1 aliphatic rings. The lowest BCUT2D eigenvalue weighted by molar-refractivity contribution is -0.125. The van der Waals surface area contributed by atoms with E-state index in [2.05, 4.69) is 39.6 Å². The number of methoxy groups -OCH3 is 1. The Kier molecular flexibility index (Phi) is 7.74. The summed E-state index contributed by atoms with van der Waals surface area (Å²) in [5, 5.41) is 14.7. The second kappa shape index (κ2) is 11.1. The number of carbonyl (C=O) groups is 1. The molecule has 0 saturated carbocycles. The van der Waals surface area contributed by atoms with Gasteiger partial charge in [0.2, 0.25) is 5.91 Å². The van der Waals surface area contributed by atoms with Gasteiger partial charge in [-0.1, -0.05) is 50.2 Å². The topological polar surface area (TPSA) is 94.4 Å². The molecule has 1 aromatic heterocycles. The lowest BCUT2D eigenvalue weighted by Crippen LogP contribution is -2.43. The number of aromatic nitrogens is 4. The molecule has 180 valence electrons. The van der Waals surface area contributed by atoms with E-state index in [4.69, 9.17) is 9.47 Å². The lowest BCUT2D eigenvalue weighted by atomic mass is 10.1. The van der Waals surface area contributed by atoms with E-state index in [9.17, 15) is 4.79 Å². The minimum absolute atomic E-state index is 0.0408. The monoisotopic (exact) mass is 464 g/mol. The molecule has 1 aliphatic heterocycles. The van der Waals surface area contributed by atoms with E-state index in [0.29, 0.717) is 50.1 Å². The summed E-state index contributed by atoms with van der Waals surface area (Å²) in [5.74, 6) is 1.79. The first kappa shape index (κ1) is 23.7. The Morgan fingerprint density at radius 3 is 2.68 bits per heavy atom. The Balaban J connectivity index is 1.47. The molecule has 9 heteroatoms. The number of ether oxygens (including phenoxy) is 2. The van der Waals surface area contributed by atoms with Gasteiger partial charge in [0.25, 0.3) is 0 Å². The van der Waals surface area contributed by atoms with Crippen LogP contribution in [0.2, 0.25) is 0 Å². The van der Waals surface area contributed by atoms with Crippen molar-refractivity contribution in [3.05, 3.63) is 66.0 Å². The average Bonchev–Trinajstić information content (AvgIpc) is 3.52. The van der Waals surface area contributed by atoms with Crippen molar-refractivity contribution in [2.24, 2.45) is 5.92 Å². The zero-order valence-corrected chi connectivity index (χ0v) is 19.9. The van der Waals surface area contributed by atoms with Gasteiger partial charge in [-0.2, -0.15) is 0 Å². The molecule has 2 aromatic carbocycles. The van der Waals surface area contributed by atoms with Gasteiger partial charge in [0.05, 0.1) is 19.2 Å². The van der Waals surface area contributed by atoms with Gasteiger partial charge in [0.15, 0.2) is 11.5 Å². The molecular weight excluding hydrogens is 432 g/mol. The summed E-state index contributed by atoms with van der Waals surface area (Å²) in [5.41, 5.74) is 2.14. The highest BCUT2D eigenvalue weighted by molar-refractivity contribution is 5.82. The minimum atomic E-state index is -0.257. The van der Waals surface area contributed by atoms with Crippen molar-refractivity contribution in [2.75, 3.05) is 20.2 Å². The number of benzene rings is 2. The van der Waals surface area contributed by atoms with Crippen molar-refractivity contribution in [1.29, 1.82) is 0 Å². The molecule has 1 amide bonds. The van der Waals surface area contributed by atoms with Gasteiger partial charge >= 0.3 is 0 Å². The highest BCUT2D eigenvalue weighted by Gasteiger charge is 2.38. The number of hydrogen-bond acceptors (Lipinski definition) is 7. The van der Waals surface area contributed by atoms with Gasteiger partial charge in [-0.3, -0.25) is 9.69 Å². The summed E-state index contributed by atoms with van der Waals surface area (Å²) in [6.45, 7) is 6.58. The second-order valence-electron chi connectivity index (χ2n) is 9.02. The Hall–Kier alpha value is -3.46. The third-order valence-corrected chi connectivity index (χ3v) is 5.96. The first-order chi connectivity index (χ1) is 16.5. The van der Waals surface area contributed by atoms with Crippen LogP contribution in [0.5, 0.6) is 11.5 Å². The maximum Gasteiger partial charge on any atom is 0.237 e. The van der Waals surface area contributed by atoms with Gasteiger partial charge in [-0.25, -0.2) is 4.68 Å². The number of nitrogens with one attached hydrogen (secondary N) is 1. The van der Waals surface area contributed by atoms with E-state index >= 15 is 0 Å². The predicted molar refractivity (Wildman–Crippen MR) is 127 cm³/mol. The molecular formula is C25H32N6O3. The van der Waals surface area contributed by atoms with Crippen molar-refractivity contribution in [3.8, 4) is 11.5 Å². The summed E-state index contributed by atoms with van der Waals surface area (Å²) < 4.78 is 13.3. The summed E-state index contributed by atoms with van der Waals surface area (Å²) >= 11 is 0. The van der Waals surface area contributed by atoms with Crippen molar-refractivity contribution in [3.63, 3.8) is 0 Å². The van der Waals surface area contributed by atoms with E-state index in [1.54, 1.807) is 18.1 Å². The Labute approximate surface area is 200 Å². The smallest absolute Gasteiger partial charge is 0.237 e. The highest BCUT2D eigenvalue weighted by atomic mass is 16.5. The molecule has 2 heterocycles. The third-order valence-electron chi connectivity index (χ3n) is 5.96. The van der Waals surface area contributed by atoms with Crippen LogP contribution in [-0.4, -0.2) is 57.3 Å². The molecule has 0 spiro atoms. The second-order valence-corrected chi connectivity index (χ2v) is 9.02. The van der Waals surface area contributed by atoms with Gasteiger partial charge in [0, 0.05) is 19.6 Å². The van der Waals surface area contributed by atoms with Crippen molar-refractivity contribution in [1.82, 2.24) is 30.4 Å². The van der Waals surface area contributed by atoms with Crippen LogP contribution in [0.25, 0.3) is 0 Å². The van der Waals surface area contributed by atoms with Crippen LogP contribution in [0.15, 0.2) is 54.9 Å². The van der Waals surface area contributed by atoms with Crippen LogP contribution in [-0.2, 0) is 17.9 Å². The molecule has 1 N–H and O–H groups in total. The third kappa shape index (κ3) is 5.91. The molecule has 3 aromatic rings. The van der Waals surface area contributed by atoms with Crippen LogP contribution in [0.3, 0.4) is 0 Å². The Morgan fingerprint density at radius 1 is 1.15 bits per heavy atom. The maximum atomic E-state index is 13.0. The fourth-order valence-corrected chi connectivity index (χ4v) is 4.18. The largest absolute Gasteiger partial charge is 0.493 e. The number of hydrogen-bond donors (Lipinski definition) is 1. The number of carbonyl (C=O) groups excluding carboxylic acids is 1. The summed E-state index contributed by atoms with van der Waals surface area (Å²) in [4.78, 5) is 15.2. The first-order valence-corrected chi connectivity index (χ1v) is 11.6. The molecule has 4 rings (SSSR count). The minimum Gasteiger partial charge on any atom is -0.493 e. The summed E-state index contributed by atoms with van der Waals surface area (Å²) in [7, 11) is 1.64. The summed E-state index contributed by atoms with van der Waals surface area (Å²) in [6, 6.07) is 15.7. The molecule has 34 heavy (non-hydrogen) atoms. The predicted octanol–water partition coefficient (Wildman–Crippen LogP) is 2.85. The molecule has 9 nitrogen and oxygen atoms in total. The van der Waals surface area contributed by atoms with Crippen LogP contribution in [0, 0.1) is 5.92 Å². The summed E-state index contributed by atoms with van der Waals surface area (Å²) in [6.07, 6.45) is 2.27. The number of likely N-dealkylation sites (tertiary alicyclic amines) is 1. The highest BCUT2D eigenvalue weighted by Crippen LogP contribution is 2.32. The van der Waals surface area contributed by atoms with E-state index in [0.717, 1.165) is 11.1 Å². The molecule has 0 unspecified atom stereocenters. The number of tetrazole rings is 1. The Morgan fingerprint density at radius 2 is 1.97 bits per heavy atom. The zero-order chi connectivity index (χ0) is 23.9. The molecule has 0 bridgehead atoms. The average molecular weight is 465 g/mol. The molecule has 1 saturated heterocycles. The van der Waals surface area contributed by atoms with Crippen LogP contribution >= 0.6 is 0 Å². The van der Waals surface area contributed by atoms with Gasteiger partial charge < -0.3 is 14.8 Å². The van der Waals surface area contributed by atoms with Crippen molar-refractivity contribution < 1.29 is 14.3 Å². The van der Waals surface area contributed by atoms with Gasteiger partial charge in [-0.15, -0.1) is 5.10 Å². The van der Waals surface area contributed by atoms with E-state index in [1.807, 2.05) is 48.5 Å². The van der Waals surface area contributed by atoms with Crippen LogP contribution in [0.1, 0.15) is 37.4 Å². The number of rotatable bonds is 10. The molecule has 1 fully saturated rings. The quantitative estimate of drug-likeness (QED) is 0.493. The van der Waals surface area contributed by atoms with Crippen LogP contribution < -0.4 is 14.8 Å². The van der Waals surface area contributed by atoms with Gasteiger partial charge in [0.1, 0.15) is 12.9 Å². The zero-order valence-electron chi connectivity index (χ0n) is 19.9. The van der Waals surface area contributed by atoms with Crippen LogP contribution in [0.4, 0.5) is 0 Å². The standard InChI is InChI=1S/C25H32N6O3/c1-18(2)13-26-25(32)22-12-21(31-17-27-28-29-31)15-30(22)14-20-9-10-23(24(11-20)33-3)34-16-19-7-5-4-6-8-19/h4-11,17-18,21-22H,12-16H2,1-3H3,(H,26,32)/t21-,22+/m1/s1. The normalized spacial score (nSPS) is 18.2. The van der Waals surface area contributed by atoms with Gasteiger partial charge in [-0.05, 0) is 46.0 Å². The number of amides is 1.